The number of aromatic nitrogens is 1. The van der Waals surface area contributed by atoms with Gasteiger partial charge in [0.25, 0.3) is 0 Å². The van der Waals surface area contributed by atoms with E-state index in [1.165, 1.54) is 12.3 Å². The molecule has 0 saturated carbocycles. The Kier molecular flexibility index (Phi) is 4.09. The summed E-state index contributed by atoms with van der Waals surface area (Å²) in [4.78, 5) is 3.61. The summed E-state index contributed by atoms with van der Waals surface area (Å²) in [6, 6.07) is 1.48. The van der Waals surface area contributed by atoms with Gasteiger partial charge in [0.1, 0.15) is 5.82 Å². The van der Waals surface area contributed by atoms with E-state index in [1.54, 1.807) is 0 Å². The van der Waals surface area contributed by atoms with Crippen molar-refractivity contribution in [3.8, 4) is 12.3 Å². The van der Waals surface area contributed by atoms with E-state index < -0.39 is 11.9 Å². The molecule has 0 aromatic carbocycles. The minimum absolute atomic E-state index is 0.289. The van der Waals surface area contributed by atoms with Crippen LogP contribution >= 0.6 is 0 Å². The molecule has 0 aliphatic heterocycles. The van der Waals surface area contributed by atoms with Gasteiger partial charge >= 0.3 is 0 Å². The normalized spacial score (nSPS) is 12.1. The molecule has 0 saturated heterocycles. The SMILES string of the molecule is C#CCCCC(O)c1ccncc1F. The highest BCUT2D eigenvalue weighted by molar-refractivity contribution is 5.15. The molecule has 1 unspecified atom stereocenters. The third kappa shape index (κ3) is 2.82. The first-order valence-corrected chi connectivity index (χ1v) is 4.46. The fraction of sp³-hybridized carbons (Fsp3) is 0.364. The summed E-state index contributed by atoms with van der Waals surface area (Å²) < 4.78 is 13.1. The summed E-state index contributed by atoms with van der Waals surface area (Å²) in [5.74, 6) is 2.00. The van der Waals surface area contributed by atoms with Crippen molar-refractivity contribution in [1.29, 1.82) is 0 Å². The van der Waals surface area contributed by atoms with Crippen LogP contribution in [0.1, 0.15) is 30.9 Å². The summed E-state index contributed by atoms with van der Waals surface area (Å²) in [5, 5.41) is 9.59. The van der Waals surface area contributed by atoms with Gasteiger partial charge in [-0.2, -0.15) is 0 Å². The lowest BCUT2D eigenvalue weighted by atomic mass is 10.0. The maximum Gasteiger partial charge on any atom is 0.147 e. The predicted octanol–water partition coefficient (Wildman–Crippen LogP) is 2.06. The van der Waals surface area contributed by atoms with Crippen LogP contribution in [-0.4, -0.2) is 10.1 Å². The summed E-state index contributed by atoms with van der Waals surface area (Å²) >= 11 is 0. The topological polar surface area (TPSA) is 33.1 Å². The highest BCUT2D eigenvalue weighted by Gasteiger charge is 2.11. The Balaban J connectivity index is 2.57. The maximum atomic E-state index is 13.1. The highest BCUT2D eigenvalue weighted by Crippen LogP contribution is 2.20. The van der Waals surface area contributed by atoms with E-state index in [9.17, 15) is 9.50 Å². The molecule has 1 atom stereocenters. The second kappa shape index (κ2) is 5.36. The molecular formula is C11H12FNO. The molecule has 1 aromatic rings. The fourth-order valence-corrected chi connectivity index (χ4v) is 1.21. The molecule has 3 heteroatoms. The molecule has 1 N–H and O–H groups in total. The van der Waals surface area contributed by atoms with E-state index in [0.717, 1.165) is 6.20 Å². The van der Waals surface area contributed by atoms with E-state index in [0.29, 0.717) is 19.3 Å². The predicted molar refractivity (Wildman–Crippen MR) is 51.8 cm³/mol. The van der Waals surface area contributed by atoms with Gasteiger partial charge in [0, 0.05) is 18.2 Å². The van der Waals surface area contributed by atoms with Crippen molar-refractivity contribution >= 4 is 0 Å². The van der Waals surface area contributed by atoms with Gasteiger partial charge in [-0.05, 0) is 18.9 Å². The second-order valence-corrected chi connectivity index (χ2v) is 3.01. The average molecular weight is 193 g/mol. The van der Waals surface area contributed by atoms with E-state index >= 15 is 0 Å². The molecule has 2 nitrogen and oxygen atoms in total. The molecule has 0 fully saturated rings. The van der Waals surface area contributed by atoms with Crippen LogP contribution in [0.4, 0.5) is 4.39 Å². The summed E-state index contributed by atoms with van der Waals surface area (Å²) in [6.07, 6.45) is 8.61. The molecule has 1 rings (SSSR count). The lowest BCUT2D eigenvalue weighted by Crippen LogP contribution is -2.00. The zero-order valence-corrected chi connectivity index (χ0v) is 7.78. The largest absolute Gasteiger partial charge is 0.388 e. The van der Waals surface area contributed by atoms with Crippen LogP contribution in [0.3, 0.4) is 0 Å². The lowest BCUT2D eigenvalue weighted by Gasteiger charge is -2.09. The number of hydrogen-bond donors (Lipinski definition) is 1. The maximum absolute atomic E-state index is 13.1. The summed E-state index contributed by atoms with van der Waals surface area (Å²) in [5.41, 5.74) is 0.289. The van der Waals surface area contributed by atoms with Gasteiger partial charge in [-0.3, -0.25) is 4.98 Å². The molecular weight excluding hydrogens is 181 g/mol. The number of terminal acetylenes is 1. The third-order valence-electron chi connectivity index (χ3n) is 1.96. The van der Waals surface area contributed by atoms with Gasteiger partial charge in [-0.15, -0.1) is 12.3 Å². The van der Waals surface area contributed by atoms with Crippen molar-refractivity contribution in [2.45, 2.75) is 25.4 Å². The zero-order valence-electron chi connectivity index (χ0n) is 7.78. The van der Waals surface area contributed by atoms with Crippen molar-refractivity contribution in [2.24, 2.45) is 0 Å². The van der Waals surface area contributed by atoms with Crippen molar-refractivity contribution in [3.63, 3.8) is 0 Å². The van der Waals surface area contributed by atoms with Crippen LogP contribution in [0.25, 0.3) is 0 Å². The minimum Gasteiger partial charge on any atom is -0.388 e. The number of rotatable bonds is 4. The Hall–Kier alpha value is -1.40. The van der Waals surface area contributed by atoms with Gasteiger partial charge in [0.05, 0.1) is 12.3 Å². The number of nitrogens with zero attached hydrogens (tertiary/aromatic N) is 1. The average Bonchev–Trinajstić information content (AvgIpc) is 2.18. The number of hydrogen-bond acceptors (Lipinski definition) is 2. The van der Waals surface area contributed by atoms with E-state index in [2.05, 4.69) is 10.9 Å². The van der Waals surface area contributed by atoms with Gasteiger partial charge < -0.3 is 5.11 Å². The minimum atomic E-state index is -0.786. The Bertz CT molecular complexity index is 332. The van der Waals surface area contributed by atoms with Gasteiger partial charge in [0.15, 0.2) is 0 Å². The first-order valence-electron chi connectivity index (χ1n) is 4.46. The van der Waals surface area contributed by atoms with Gasteiger partial charge in [0.2, 0.25) is 0 Å². The Labute approximate surface area is 82.8 Å². The molecule has 14 heavy (non-hydrogen) atoms. The van der Waals surface area contributed by atoms with Gasteiger partial charge in [-0.25, -0.2) is 4.39 Å². The number of unbranched alkanes of at least 4 members (excludes halogenated alkanes) is 1. The Morgan fingerprint density at radius 1 is 1.64 bits per heavy atom. The number of aliphatic hydroxyl groups excluding tert-OH is 1. The molecule has 74 valence electrons. The fourth-order valence-electron chi connectivity index (χ4n) is 1.21. The highest BCUT2D eigenvalue weighted by atomic mass is 19.1. The molecule has 1 heterocycles. The lowest BCUT2D eigenvalue weighted by molar-refractivity contribution is 0.160. The standard InChI is InChI=1S/C11H12FNO/c1-2-3-4-5-11(14)9-6-7-13-8-10(9)12/h1,6-8,11,14H,3-5H2. The smallest absolute Gasteiger partial charge is 0.147 e. The molecule has 0 amide bonds. The first-order chi connectivity index (χ1) is 6.75. The Morgan fingerprint density at radius 3 is 3.07 bits per heavy atom. The van der Waals surface area contributed by atoms with Crippen LogP contribution in [0.2, 0.25) is 0 Å². The molecule has 0 bridgehead atoms. The van der Waals surface area contributed by atoms with Crippen LogP contribution in [0.15, 0.2) is 18.5 Å². The van der Waals surface area contributed by atoms with Crippen LogP contribution < -0.4 is 0 Å². The number of aliphatic hydroxyl groups is 1. The molecule has 0 aliphatic rings. The molecule has 0 radical (unpaired) electrons. The molecule has 0 spiro atoms. The van der Waals surface area contributed by atoms with Crippen molar-refractivity contribution in [2.75, 3.05) is 0 Å². The van der Waals surface area contributed by atoms with E-state index in [1.807, 2.05) is 0 Å². The van der Waals surface area contributed by atoms with Crippen LogP contribution in [0.5, 0.6) is 0 Å². The van der Waals surface area contributed by atoms with Crippen LogP contribution in [0, 0.1) is 18.2 Å². The van der Waals surface area contributed by atoms with E-state index in [4.69, 9.17) is 6.42 Å². The quantitative estimate of drug-likeness (QED) is 0.586. The summed E-state index contributed by atoms with van der Waals surface area (Å²) in [6.45, 7) is 0. The van der Waals surface area contributed by atoms with Crippen molar-refractivity contribution < 1.29 is 9.50 Å². The monoisotopic (exact) mass is 193 g/mol. The number of pyridine rings is 1. The number of halogens is 1. The molecule has 0 aliphatic carbocycles. The third-order valence-corrected chi connectivity index (χ3v) is 1.96. The zero-order chi connectivity index (χ0) is 10.4. The first kappa shape index (κ1) is 10.7. The Morgan fingerprint density at radius 2 is 2.43 bits per heavy atom. The van der Waals surface area contributed by atoms with Gasteiger partial charge in [-0.1, -0.05) is 0 Å². The molecule has 1 aromatic heterocycles. The van der Waals surface area contributed by atoms with Crippen molar-refractivity contribution in [1.82, 2.24) is 4.98 Å². The van der Waals surface area contributed by atoms with Crippen molar-refractivity contribution in [3.05, 3.63) is 29.8 Å². The van der Waals surface area contributed by atoms with Crippen LogP contribution in [-0.2, 0) is 0 Å². The summed E-state index contributed by atoms with van der Waals surface area (Å²) in [7, 11) is 0. The second-order valence-electron chi connectivity index (χ2n) is 3.01. The van der Waals surface area contributed by atoms with E-state index in [-0.39, 0.29) is 5.56 Å².